The molecule has 0 saturated heterocycles. The zero-order valence-corrected chi connectivity index (χ0v) is 10.9. The Morgan fingerprint density at radius 2 is 2.11 bits per heavy atom. The highest BCUT2D eigenvalue weighted by atomic mass is 16.5. The second-order valence-corrected chi connectivity index (χ2v) is 4.33. The number of hydrogen-bond acceptors (Lipinski definition) is 4. The van der Waals surface area contributed by atoms with Crippen LogP contribution in [0, 0.1) is 0 Å². The van der Waals surface area contributed by atoms with Crippen molar-refractivity contribution in [2.45, 2.75) is 19.4 Å². The van der Waals surface area contributed by atoms with Gasteiger partial charge in [-0.2, -0.15) is 0 Å². The van der Waals surface area contributed by atoms with Gasteiger partial charge in [0.1, 0.15) is 12.4 Å². The molecule has 0 unspecified atom stereocenters. The second-order valence-electron chi connectivity index (χ2n) is 4.33. The van der Waals surface area contributed by atoms with Crippen LogP contribution in [0.5, 0.6) is 5.75 Å². The van der Waals surface area contributed by atoms with E-state index in [0.29, 0.717) is 11.3 Å². The van der Waals surface area contributed by atoms with E-state index in [-0.39, 0.29) is 6.61 Å². The fourth-order valence-electron chi connectivity index (χ4n) is 1.24. The average molecular weight is 264 g/mol. The maximum Gasteiger partial charge on any atom is 0.347 e. The molecule has 0 aromatic heterocycles. The number of esters is 1. The van der Waals surface area contributed by atoms with Crippen LogP contribution in [0.25, 0.3) is 0 Å². The summed E-state index contributed by atoms with van der Waals surface area (Å²) in [5.41, 5.74) is -1.08. The van der Waals surface area contributed by atoms with Crippen LogP contribution in [0.2, 0.25) is 0 Å². The third kappa shape index (κ3) is 4.13. The van der Waals surface area contributed by atoms with Crippen LogP contribution in [0.15, 0.2) is 36.9 Å². The number of carbonyl (C=O) groups excluding carboxylic acids is 1. The zero-order chi connectivity index (χ0) is 14.5. The van der Waals surface area contributed by atoms with Crippen molar-refractivity contribution in [3.63, 3.8) is 0 Å². The summed E-state index contributed by atoms with van der Waals surface area (Å²) in [6, 6.07) is 6.18. The van der Waals surface area contributed by atoms with E-state index in [2.05, 4.69) is 6.58 Å². The fourth-order valence-corrected chi connectivity index (χ4v) is 1.24. The summed E-state index contributed by atoms with van der Waals surface area (Å²) in [7, 11) is 0. The van der Waals surface area contributed by atoms with Gasteiger partial charge in [0.05, 0.1) is 5.56 Å². The first-order valence-corrected chi connectivity index (χ1v) is 5.67. The first-order chi connectivity index (χ1) is 8.86. The number of carboxylic acids is 1. The highest BCUT2D eigenvalue weighted by Crippen LogP contribution is 2.20. The Balaban J connectivity index is 2.85. The molecule has 0 bridgehead atoms. The summed E-state index contributed by atoms with van der Waals surface area (Å²) >= 11 is 0. The highest BCUT2D eigenvalue weighted by molar-refractivity contribution is 5.90. The second kappa shape index (κ2) is 6.04. The maximum atomic E-state index is 11.6. The Hall–Kier alpha value is -2.30. The van der Waals surface area contributed by atoms with E-state index >= 15 is 0 Å². The smallest absolute Gasteiger partial charge is 0.347 e. The minimum absolute atomic E-state index is 0.116. The predicted octanol–water partition coefficient (Wildman–Crippen LogP) is 2.27. The molecule has 0 aliphatic heterocycles. The predicted molar refractivity (Wildman–Crippen MR) is 69.3 cm³/mol. The standard InChI is InChI=1S/C14H16O5/c1-4-8-18-12(15)10-6-5-7-11(9-10)19-14(2,3)13(16)17/h4-7,9H,1,8H2,2-3H3,(H,16,17). The van der Waals surface area contributed by atoms with Crippen LogP contribution in [-0.4, -0.2) is 29.3 Å². The molecule has 0 amide bonds. The van der Waals surface area contributed by atoms with Crippen molar-refractivity contribution in [1.82, 2.24) is 0 Å². The molecule has 1 N–H and O–H groups in total. The number of rotatable bonds is 6. The minimum atomic E-state index is -1.37. The van der Waals surface area contributed by atoms with Crippen molar-refractivity contribution in [2.24, 2.45) is 0 Å². The molecule has 5 nitrogen and oxygen atoms in total. The lowest BCUT2D eigenvalue weighted by atomic mass is 10.1. The van der Waals surface area contributed by atoms with E-state index in [0.717, 1.165) is 0 Å². The molecule has 0 heterocycles. The Kier molecular flexibility index (Phi) is 4.69. The molecule has 102 valence electrons. The number of carbonyl (C=O) groups is 2. The minimum Gasteiger partial charge on any atom is -0.478 e. The summed E-state index contributed by atoms with van der Waals surface area (Å²) < 4.78 is 10.2. The van der Waals surface area contributed by atoms with Crippen molar-refractivity contribution >= 4 is 11.9 Å². The van der Waals surface area contributed by atoms with Crippen LogP contribution in [0.3, 0.4) is 0 Å². The largest absolute Gasteiger partial charge is 0.478 e. The average Bonchev–Trinajstić information content (AvgIpc) is 2.35. The topological polar surface area (TPSA) is 72.8 Å². The van der Waals surface area contributed by atoms with Crippen LogP contribution in [0.1, 0.15) is 24.2 Å². The monoisotopic (exact) mass is 264 g/mol. The normalized spacial score (nSPS) is 10.6. The van der Waals surface area contributed by atoms with Crippen LogP contribution in [-0.2, 0) is 9.53 Å². The molecule has 0 radical (unpaired) electrons. The van der Waals surface area contributed by atoms with Gasteiger partial charge in [-0.05, 0) is 32.0 Å². The molecular formula is C14H16O5. The quantitative estimate of drug-likeness (QED) is 0.630. The third-order valence-electron chi connectivity index (χ3n) is 2.29. The van der Waals surface area contributed by atoms with E-state index in [9.17, 15) is 9.59 Å². The number of carboxylic acid groups (broad SMARTS) is 1. The molecule has 0 atom stereocenters. The molecule has 0 aliphatic carbocycles. The van der Waals surface area contributed by atoms with Gasteiger partial charge in [0.25, 0.3) is 0 Å². The Morgan fingerprint density at radius 3 is 2.68 bits per heavy atom. The Labute approximate surface area is 111 Å². The maximum absolute atomic E-state index is 11.6. The van der Waals surface area contributed by atoms with Gasteiger partial charge in [0, 0.05) is 0 Å². The van der Waals surface area contributed by atoms with E-state index < -0.39 is 17.5 Å². The third-order valence-corrected chi connectivity index (χ3v) is 2.29. The molecule has 0 fully saturated rings. The van der Waals surface area contributed by atoms with Gasteiger partial charge in [0.2, 0.25) is 0 Å². The van der Waals surface area contributed by atoms with Gasteiger partial charge < -0.3 is 14.6 Å². The molecule has 1 aromatic carbocycles. The van der Waals surface area contributed by atoms with Gasteiger partial charge in [-0.25, -0.2) is 9.59 Å². The Bertz CT molecular complexity index is 490. The first-order valence-electron chi connectivity index (χ1n) is 5.67. The van der Waals surface area contributed by atoms with Crippen LogP contribution in [0.4, 0.5) is 0 Å². The van der Waals surface area contributed by atoms with Gasteiger partial charge >= 0.3 is 11.9 Å². The van der Waals surface area contributed by atoms with Gasteiger partial charge in [-0.3, -0.25) is 0 Å². The summed E-state index contributed by atoms with van der Waals surface area (Å²) in [5.74, 6) is -1.31. The fraction of sp³-hybridized carbons (Fsp3) is 0.286. The molecule has 1 rings (SSSR count). The van der Waals surface area contributed by atoms with Gasteiger partial charge in [-0.1, -0.05) is 18.7 Å². The molecular weight excluding hydrogens is 248 g/mol. The van der Waals surface area contributed by atoms with E-state index in [1.54, 1.807) is 18.2 Å². The molecule has 5 heteroatoms. The van der Waals surface area contributed by atoms with Crippen molar-refractivity contribution in [1.29, 1.82) is 0 Å². The molecule has 0 saturated carbocycles. The van der Waals surface area contributed by atoms with E-state index in [1.807, 2.05) is 0 Å². The zero-order valence-electron chi connectivity index (χ0n) is 10.9. The Morgan fingerprint density at radius 1 is 1.42 bits per heavy atom. The molecule has 0 aliphatic rings. The molecule has 19 heavy (non-hydrogen) atoms. The van der Waals surface area contributed by atoms with Crippen molar-refractivity contribution in [3.8, 4) is 5.75 Å². The number of aliphatic carboxylic acids is 1. The van der Waals surface area contributed by atoms with E-state index in [4.69, 9.17) is 14.6 Å². The van der Waals surface area contributed by atoms with Gasteiger partial charge in [0.15, 0.2) is 5.60 Å². The van der Waals surface area contributed by atoms with Crippen molar-refractivity contribution in [2.75, 3.05) is 6.61 Å². The lowest BCUT2D eigenvalue weighted by Crippen LogP contribution is -2.37. The van der Waals surface area contributed by atoms with Crippen molar-refractivity contribution < 1.29 is 24.2 Å². The highest BCUT2D eigenvalue weighted by Gasteiger charge is 2.29. The summed E-state index contributed by atoms with van der Waals surface area (Å²) in [5, 5.41) is 8.97. The lowest BCUT2D eigenvalue weighted by molar-refractivity contribution is -0.152. The summed E-state index contributed by atoms with van der Waals surface area (Å²) in [6.07, 6.45) is 1.46. The molecule has 1 aromatic rings. The summed E-state index contributed by atoms with van der Waals surface area (Å²) in [4.78, 5) is 22.6. The van der Waals surface area contributed by atoms with Crippen LogP contribution < -0.4 is 4.74 Å². The van der Waals surface area contributed by atoms with Crippen LogP contribution >= 0.6 is 0 Å². The number of benzene rings is 1. The SMILES string of the molecule is C=CCOC(=O)c1cccc(OC(C)(C)C(=O)O)c1. The lowest BCUT2D eigenvalue weighted by Gasteiger charge is -2.21. The van der Waals surface area contributed by atoms with E-state index in [1.165, 1.54) is 26.0 Å². The van der Waals surface area contributed by atoms with Crippen molar-refractivity contribution in [3.05, 3.63) is 42.5 Å². The number of ether oxygens (including phenoxy) is 2. The van der Waals surface area contributed by atoms with Gasteiger partial charge in [-0.15, -0.1) is 0 Å². The first kappa shape index (κ1) is 14.8. The summed E-state index contributed by atoms with van der Waals surface area (Å²) in [6.45, 7) is 6.42. The number of hydrogen-bond donors (Lipinski definition) is 1. The molecule has 0 spiro atoms.